The lowest BCUT2D eigenvalue weighted by atomic mass is 9.35. The van der Waals surface area contributed by atoms with Crippen LogP contribution in [0.15, 0.2) is 34.9 Å². The Kier molecular flexibility index (Phi) is 4.49. The van der Waals surface area contributed by atoms with Gasteiger partial charge in [0.2, 0.25) is 5.88 Å². The molecule has 4 aliphatic carbocycles. The molecule has 1 aromatic carbocycles. The van der Waals surface area contributed by atoms with E-state index in [4.69, 9.17) is 16.0 Å². The number of aromatic nitrogens is 3. The first-order chi connectivity index (χ1) is 16.5. The third-order valence-electron chi connectivity index (χ3n) is 8.48. The molecule has 2 bridgehead atoms. The Balaban J connectivity index is 1.17. The third kappa shape index (κ3) is 3.36. The number of hydrogen-bond donors (Lipinski definition) is 4. The first kappa shape index (κ1) is 22.2. The Labute approximate surface area is 203 Å². The van der Waals surface area contributed by atoms with Crippen LogP contribution in [0, 0.1) is 5.41 Å². The van der Waals surface area contributed by atoms with Crippen LogP contribution in [0.3, 0.4) is 0 Å². The van der Waals surface area contributed by atoms with Crippen LogP contribution in [0.4, 0.5) is 11.7 Å². The number of rotatable bonds is 8. The van der Waals surface area contributed by atoms with Crippen LogP contribution >= 0.6 is 0 Å². The molecule has 184 valence electrons. The summed E-state index contributed by atoms with van der Waals surface area (Å²) in [6, 6.07) is 9.50. The SMILES string of the molecule is CC(c1ccc(-c2nn(C3(C)CC3)c(N)c2C(N)=O)cc1)C(O)Nc1cc(C23CC(C)(C2)C3)no1. The van der Waals surface area contributed by atoms with Gasteiger partial charge >= 0.3 is 0 Å². The van der Waals surface area contributed by atoms with Crippen molar-refractivity contribution < 1.29 is 14.4 Å². The number of nitrogens with one attached hydrogen (secondary N) is 1. The molecule has 6 N–H and O–H groups in total. The Morgan fingerprint density at radius 3 is 2.43 bits per heavy atom. The number of aliphatic hydroxyl groups is 1. The monoisotopic (exact) mass is 476 g/mol. The van der Waals surface area contributed by atoms with Gasteiger partial charge in [-0.1, -0.05) is 43.3 Å². The number of nitrogen functional groups attached to an aromatic ring is 1. The van der Waals surface area contributed by atoms with Gasteiger partial charge in [0, 0.05) is 23.0 Å². The first-order valence-corrected chi connectivity index (χ1v) is 12.2. The van der Waals surface area contributed by atoms with Gasteiger partial charge in [-0.25, -0.2) is 4.68 Å². The fraction of sp³-hybridized carbons (Fsp3) is 0.500. The lowest BCUT2D eigenvalue weighted by molar-refractivity contribution is -0.129. The van der Waals surface area contributed by atoms with E-state index in [1.807, 2.05) is 37.3 Å². The number of amides is 1. The van der Waals surface area contributed by atoms with Crippen molar-refractivity contribution in [2.24, 2.45) is 11.1 Å². The van der Waals surface area contributed by atoms with Gasteiger partial charge in [0.25, 0.3) is 5.91 Å². The highest BCUT2D eigenvalue weighted by atomic mass is 16.5. The summed E-state index contributed by atoms with van der Waals surface area (Å²) in [5, 5.41) is 22.8. The Bertz CT molecular complexity index is 1300. The average Bonchev–Trinajstić information content (AvgIpc) is 3.19. The summed E-state index contributed by atoms with van der Waals surface area (Å²) in [4.78, 5) is 12.2. The number of nitrogens with two attached hydrogens (primary N) is 2. The Morgan fingerprint density at radius 2 is 1.86 bits per heavy atom. The summed E-state index contributed by atoms with van der Waals surface area (Å²) in [5.74, 6) is -0.0324. The predicted molar refractivity (Wildman–Crippen MR) is 132 cm³/mol. The van der Waals surface area contributed by atoms with Crippen LogP contribution in [0.2, 0.25) is 0 Å². The normalized spacial score (nSPS) is 27.4. The molecule has 2 atom stereocenters. The second-order valence-electron chi connectivity index (χ2n) is 11.6. The highest BCUT2D eigenvalue weighted by molar-refractivity contribution is 6.03. The van der Waals surface area contributed by atoms with E-state index < -0.39 is 12.1 Å². The topological polar surface area (TPSA) is 145 Å². The summed E-state index contributed by atoms with van der Waals surface area (Å²) >= 11 is 0. The molecule has 0 radical (unpaired) electrons. The molecule has 4 fully saturated rings. The van der Waals surface area contributed by atoms with Crippen LogP contribution in [0.1, 0.15) is 80.4 Å². The zero-order valence-corrected chi connectivity index (χ0v) is 20.3. The van der Waals surface area contributed by atoms with Crippen LogP contribution in [0.25, 0.3) is 11.3 Å². The van der Waals surface area contributed by atoms with E-state index in [0.29, 0.717) is 22.8 Å². The number of nitrogens with zero attached hydrogens (tertiary/aromatic N) is 3. The Morgan fingerprint density at radius 1 is 1.20 bits per heavy atom. The van der Waals surface area contributed by atoms with Gasteiger partial charge in [-0.3, -0.25) is 4.79 Å². The van der Waals surface area contributed by atoms with Crippen LogP contribution < -0.4 is 16.8 Å². The van der Waals surface area contributed by atoms with Crippen molar-refractivity contribution in [3.63, 3.8) is 0 Å². The number of carbonyl (C=O) groups excluding carboxylic acids is 1. The van der Waals surface area contributed by atoms with E-state index in [0.717, 1.165) is 48.9 Å². The van der Waals surface area contributed by atoms with Crippen molar-refractivity contribution >= 4 is 17.6 Å². The lowest BCUT2D eigenvalue weighted by Gasteiger charge is -2.68. The molecule has 0 aliphatic heterocycles. The molecule has 4 aliphatic rings. The molecule has 9 nitrogen and oxygen atoms in total. The van der Waals surface area contributed by atoms with Gasteiger partial charge in [-0.2, -0.15) is 5.10 Å². The number of anilines is 2. The molecule has 35 heavy (non-hydrogen) atoms. The molecular weight excluding hydrogens is 444 g/mol. The maximum Gasteiger partial charge on any atom is 0.254 e. The predicted octanol–water partition coefficient (Wildman–Crippen LogP) is 3.70. The fourth-order valence-corrected chi connectivity index (χ4v) is 6.24. The molecular formula is C26H32N6O3. The van der Waals surface area contributed by atoms with Crippen molar-refractivity contribution in [1.29, 1.82) is 0 Å². The second-order valence-corrected chi connectivity index (χ2v) is 11.6. The summed E-state index contributed by atoms with van der Waals surface area (Å²) in [6.07, 6.45) is 4.56. The van der Waals surface area contributed by atoms with Crippen LogP contribution in [-0.2, 0) is 11.0 Å². The van der Waals surface area contributed by atoms with E-state index in [1.54, 1.807) is 4.68 Å². The van der Waals surface area contributed by atoms with Gasteiger partial charge in [-0.15, -0.1) is 0 Å². The number of hydrogen-bond acceptors (Lipinski definition) is 7. The molecule has 0 spiro atoms. The van der Waals surface area contributed by atoms with Gasteiger partial charge in [0.15, 0.2) is 0 Å². The maximum atomic E-state index is 12.2. The van der Waals surface area contributed by atoms with Crippen molar-refractivity contribution in [3.8, 4) is 11.3 Å². The summed E-state index contributed by atoms with van der Waals surface area (Å²) < 4.78 is 7.20. The van der Waals surface area contributed by atoms with Gasteiger partial charge in [0.05, 0.1) is 11.2 Å². The summed E-state index contributed by atoms with van der Waals surface area (Å²) in [6.45, 7) is 6.31. The molecule has 7 rings (SSSR count). The van der Waals surface area contributed by atoms with Gasteiger partial charge in [0.1, 0.15) is 23.3 Å². The number of aliphatic hydroxyl groups excluding tert-OH is 1. The summed E-state index contributed by atoms with van der Waals surface area (Å²) in [5.41, 5.74) is 15.8. The van der Waals surface area contributed by atoms with Crippen molar-refractivity contribution in [2.45, 2.75) is 76.0 Å². The highest BCUT2D eigenvalue weighted by Crippen LogP contribution is 2.73. The van der Waals surface area contributed by atoms with Crippen LogP contribution in [0.5, 0.6) is 0 Å². The standard InChI is InChI=1S/C26H32N6O3/c1-14(23(34)29-18-10-17(31-35-18)26-11-24(2,12-26)13-26)15-4-6-16(7-5-15)20-19(22(28)33)21(27)32(30-20)25(3)8-9-25/h4-7,10,14,23,29,34H,8-9,11-13,27H2,1-3H3,(H2,28,33). The summed E-state index contributed by atoms with van der Waals surface area (Å²) in [7, 11) is 0. The minimum absolute atomic E-state index is 0.159. The molecule has 2 unspecified atom stereocenters. The fourth-order valence-electron chi connectivity index (χ4n) is 6.24. The molecule has 3 aromatic rings. The average molecular weight is 477 g/mol. The third-order valence-corrected chi connectivity index (χ3v) is 8.48. The van der Waals surface area contributed by atoms with Gasteiger partial charge in [-0.05, 0) is 50.0 Å². The quantitative estimate of drug-likeness (QED) is 0.363. The second kappa shape index (κ2) is 7.10. The minimum Gasteiger partial charge on any atom is -0.383 e. The number of primary amides is 1. The first-order valence-electron chi connectivity index (χ1n) is 12.2. The van der Waals surface area contributed by atoms with E-state index in [1.165, 1.54) is 0 Å². The van der Waals surface area contributed by atoms with E-state index in [9.17, 15) is 9.90 Å². The maximum absolute atomic E-state index is 12.2. The minimum atomic E-state index is -0.863. The smallest absolute Gasteiger partial charge is 0.254 e. The van der Waals surface area contributed by atoms with Crippen LogP contribution in [-0.4, -0.2) is 32.2 Å². The zero-order chi connectivity index (χ0) is 24.8. The van der Waals surface area contributed by atoms with Crippen molar-refractivity contribution in [1.82, 2.24) is 14.9 Å². The molecule has 1 amide bonds. The molecule has 2 heterocycles. The number of carbonyl (C=O) groups is 1. The zero-order valence-electron chi connectivity index (χ0n) is 20.3. The molecule has 2 aromatic heterocycles. The highest BCUT2D eigenvalue weighted by Gasteiger charge is 2.66. The largest absolute Gasteiger partial charge is 0.383 e. The van der Waals surface area contributed by atoms with E-state index >= 15 is 0 Å². The Hall–Kier alpha value is -3.33. The molecule has 0 saturated heterocycles. The van der Waals surface area contributed by atoms with Gasteiger partial charge < -0.3 is 26.4 Å². The lowest BCUT2D eigenvalue weighted by Crippen LogP contribution is -2.63. The van der Waals surface area contributed by atoms with Crippen molar-refractivity contribution in [3.05, 3.63) is 47.2 Å². The number of benzene rings is 1. The molecule has 9 heteroatoms. The van der Waals surface area contributed by atoms with E-state index in [-0.39, 0.29) is 22.4 Å². The molecule has 4 saturated carbocycles. The van der Waals surface area contributed by atoms with Crippen molar-refractivity contribution in [2.75, 3.05) is 11.1 Å². The van der Waals surface area contributed by atoms with E-state index in [2.05, 4.69) is 29.4 Å².